The maximum atomic E-state index is 6.07. The zero-order valence-electron chi connectivity index (χ0n) is 8.07. The lowest BCUT2D eigenvalue weighted by Gasteiger charge is -2.30. The first-order valence-corrected chi connectivity index (χ1v) is 5.06. The quantitative estimate of drug-likeness (QED) is 0.719. The van der Waals surface area contributed by atoms with E-state index in [1.807, 2.05) is 12.1 Å². The molecule has 0 aliphatic heterocycles. The average molecular weight is 179 g/mol. The average Bonchev–Trinajstić information content (AvgIpc) is 2.61. The van der Waals surface area contributed by atoms with Crippen molar-refractivity contribution in [1.29, 1.82) is 0 Å². The molecule has 1 aromatic rings. The number of rotatable bonds is 1. The Morgan fingerprint density at radius 1 is 1.46 bits per heavy atom. The number of hydrogen-bond acceptors (Lipinski definition) is 2. The standard InChI is InChI=1S/C11H17NO/c1-8-4-5-10(12)9(7-8)11-3-2-6-13-11/h2-3,6,8-10H,4-5,7,12H2,1H3. The molecule has 2 rings (SSSR count). The monoisotopic (exact) mass is 179 g/mol. The molecule has 72 valence electrons. The predicted molar refractivity (Wildman–Crippen MR) is 52.4 cm³/mol. The van der Waals surface area contributed by atoms with Gasteiger partial charge in [0.15, 0.2) is 0 Å². The van der Waals surface area contributed by atoms with E-state index in [1.165, 1.54) is 12.8 Å². The molecule has 1 saturated carbocycles. The Morgan fingerprint density at radius 3 is 3.00 bits per heavy atom. The van der Waals surface area contributed by atoms with E-state index in [4.69, 9.17) is 10.2 Å². The van der Waals surface area contributed by atoms with Crippen LogP contribution >= 0.6 is 0 Å². The summed E-state index contributed by atoms with van der Waals surface area (Å²) in [5.74, 6) is 2.30. The SMILES string of the molecule is CC1CCC(N)C(c2ccco2)C1. The fourth-order valence-corrected chi connectivity index (χ4v) is 2.23. The zero-order chi connectivity index (χ0) is 9.26. The minimum absolute atomic E-state index is 0.294. The van der Waals surface area contributed by atoms with Gasteiger partial charge in [-0.3, -0.25) is 0 Å². The van der Waals surface area contributed by atoms with Crippen LogP contribution in [0.1, 0.15) is 37.9 Å². The van der Waals surface area contributed by atoms with E-state index in [9.17, 15) is 0 Å². The van der Waals surface area contributed by atoms with Crippen LogP contribution in [0.15, 0.2) is 22.8 Å². The summed E-state index contributed by atoms with van der Waals surface area (Å²) in [6.07, 6.45) is 5.31. The lowest BCUT2D eigenvalue weighted by Crippen LogP contribution is -2.33. The Bertz CT molecular complexity index is 255. The number of nitrogens with two attached hydrogens (primary N) is 1. The van der Waals surface area contributed by atoms with Gasteiger partial charge in [-0.2, -0.15) is 0 Å². The molecule has 0 radical (unpaired) electrons. The third kappa shape index (κ3) is 1.78. The maximum absolute atomic E-state index is 6.07. The highest BCUT2D eigenvalue weighted by Crippen LogP contribution is 2.35. The molecular formula is C11H17NO. The van der Waals surface area contributed by atoms with Crippen LogP contribution in [-0.2, 0) is 0 Å². The van der Waals surface area contributed by atoms with Crippen molar-refractivity contribution in [3.63, 3.8) is 0 Å². The van der Waals surface area contributed by atoms with Gasteiger partial charge in [-0.15, -0.1) is 0 Å². The molecule has 3 atom stereocenters. The van der Waals surface area contributed by atoms with Crippen molar-refractivity contribution >= 4 is 0 Å². The summed E-state index contributed by atoms with van der Waals surface area (Å²) in [5, 5.41) is 0. The highest BCUT2D eigenvalue weighted by atomic mass is 16.3. The normalized spacial score (nSPS) is 34.8. The topological polar surface area (TPSA) is 39.2 Å². The van der Waals surface area contributed by atoms with Gasteiger partial charge in [-0.25, -0.2) is 0 Å². The molecule has 0 bridgehead atoms. The Labute approximate surface area is 79.1 Å². The molecule has 2 N–H and O–H groups in total. The highest BCUT2D eigenvalue weighted by Gasteiger charge is 2.28. The fourth-order valence-electron chi connectivity index (χ4n) is 2.23. The predicted octanol–water partition coefficient (Wildman–Crippen LogP) is 2.51. The van der Waals surface area contributed by atoms with E-state index in [0.717, 1.165) is 18.1 Å². The van der Waals surface area contributed by atoms with E-state index in [1.54, 1.807) is 6.26 Å². The van der Waals surface area contributed by atoms with Crippen LogP contribution in [0.3, 0.4) is 0 Å². The lowest BCUT2D eigenvalue weighted by molar-refractivity contribution is 0.276. The summed E-state index contributed by atoms with van der Waals surface area (Å²) in [7, 11) is 0. The van der Waals surface area contributed by atoms with Crippen LogP contribution in [0.25, 0.3) is 0 Å². The van der Waals surface area contributed by atoms with Crippen LogP contribution in [0, 0.1) is 5.92 Å². The minimum Gasteiger partial charge on any atom is -0.469 e. The van der Waals surface area contributed by atoms with E-state index in [0.29, 0.717) is 12.0 Å². The summed E-state index contributed by atoms with van der Waals surface area (Å²) in [6.45, 7) is 2.29. The first kappa shape index (κ1) is 8.82. The molecule has 13 heavy (non-hydrogen) atoms. The number of hydrogen-bond donors (Lipinski definition) is 1. The summed E-state index contributed by atoms with van der Waals surface area (Å²) >= 11 is 0. The molecular weight excluding hydrogens is 162 g/mol. The van der Waals surface area contributed by atoms with Crippen molar-refractivity contribution in [2.45, 2.75) is 38.1 Å². The van der Waals surface area contributed by atoms with E-state index >= 15 is 0 Å². The smallest absolute Gasteiger partial charge is 0.108 e. The molecule has 1 aromatic heterocycles. The van der Waals surface area contributed by atoms with Gasteiger partial charge >= 0.3 is 0 Å². The summed E-state index contributed by atoms with van der Waals surface area (Å²) in [5.41, 5.74) is 6.07. The van der Waals surface area contributed by atoms with Crippen LogP contribution < -0.4 is 5.73 Å². The van der Waals surface area contributed by atoms with Crippen LogP contribution in [-0.4, -0.2) is 6.04 Å². The summed E-state index contributed by atoms with van der Waals surface area (Å²) in [4.78, 5) is 0. The molecule has 1 fully saturated rings. The Balaban J connectivity index is 2.12. The maximum Gasteiger partial charge on any atom is 0.108 e. The number of furan rings is 1. The zero-order valence-corrected chi connectivity index (χ0v) is 8.07. The third-order valence-electron chi connectivity index (χ3n) is 3.07. The molecule has 1 aliphatic carbocycles. The van der Waals surface area contributed by atoms with Gasteiger partial charge in [0.1, 0.15) is 5.76 Å². The summed E-state index contributed by atoms with van der Waals surface area (Å²) in [6, 6.07) is 4.28. The van der Waals surface area contributed by atoms with E-state index in [2.05, 4.69) is 6.92 Å². The van der Waals surface area contributed by atoms with Gasteiger partial charge < -0.3 is 10.2 Å². The highest BCUT2D eigenvalue weighted by molar-refractivity contribution is 5.09. The lowest BCUT2D eigenvalue weighted by atomic mass is 9.78. The van der Waals surface area contributed by atoms with Gasteiger partial charge in [0.05, 0.1) is 6.26 Å². The van der Waals surface area contributed by atoms with Crippen molar-refractivity contribution in [1.82, 2.24) is 0 Å². The van der Waals surface area contributed by atoms with Crippen molar-refractivity contribution in [2.75, 3.05) is 0 Å². The van der Waals surface area contributed by atoms with E-state index < -0.39 is 0 Å². The van der Waals surface area contributed by atoms with Gasteiger partial charge in [0.2, 0.25) is 0 Å². The Hall–Kier alpha value is -0.760. The second kappa shape index (κ2) is 3.54. The molecule has 0 amide bonds. The second-order valence-electron chi connectivity index (χ2n) is 4.20. The molecule has 1 aliphatic rings. The van der Waals surface area contributed by atoms with E-state index in [-0.39, 0.29) is 0 Å². The first-order chi connectivity index (χ1) is 6.27. The second-order valence-corrected chi connectivity index (χ2v) is 4.20. The van der Waals surface area contributed by atoms with Crippen molar-refractivity contribution in [2.24, 2.45) is 11.7 Å². The molecule has 2 heteroatoms. The minimum atomic E-state index is 0.294. The Kier molecular flexibility index (Phi) is 2.40. The van der Waals surface area contributed by atoms with Gasteiger partial charge in [-0.1, -0.05) is 6.92 Å². The van der Waals surface area contributed by atoms with Gasteiger partial charge in [0, 0.05) is 12.0 Å². The molecule has 1 heterocycles. The fraction of sp³-hybridized carbons (Fsp3) is 0.636. The first-order valence-electron chi connectivity index (χ1n) is 5.06. The van der Waals surface area contributed by atoms with Crippen molar-refractivity contribution in [3.05, 3.63) is 24.2 Å². The largest absolute Gasteiger partial charge is 0.469 e. The van der Waals surface area contributed by atoms with Crippen LogP contribution in [0.4, 0.5) is 0 Å². The summed E-state index contributed by atoms with van der Waals surface area (Å²) < 4.78 is 5.41. The van der Waals surface area contributed by atoms with Gasteiger partial charge in [-0.05, 0) is 37.3 Å². The van der Waals surface area contributed by atoms with Crippen molar-refractivity contribution < 1.29 is 4.42 Å². The van der Waals surface area contributed by atoms with Crippen LogP contribution in [0.2, 0.25) is 0 Å². The van der Waals surface area contributed by atoms with Crippen molar-refractivity contribution in [3.8, 4) is 0 Å². The molecule has 0 saturated heterocycles. The van der Waals surface area contributed by atoms with Gasteiger partial charge in [0.25, 0.3) is 0 Å². The van der Waals surface area contributed by atoms with Crippen LogP contribution in [0.5, 0.6) is 0 Å². The Morgan fingerprint density at radius 2 is 2.31 bits per heavy atom. The molecule has 0 aromatic carbocycles. The molecule has 2 nitrogen and oxygen atoms in total. The molecule has 3 unspecified atom stereocenters. The third-order valence-corrected chi connectivity index (χ3v) is 3.07. The molecule has 0 spiro atoms.